The Bertz CT molecular complexity index is 431. The smallest absolute Gasteiger partial charge is 0.139 e. The van der Waals surface area contributed by atoms with Crippen LogP contribution in [-0.2, 0) is 25.5 Å². The van der Waals surface area contributed by atoms with Crippen LogP contribution in [0, 0.1) is 11.3 Å². The van der Waals surface area contributed by atoms with Gasteiger partial charge >= 0.3 is 0 Å². The van der Waals surface area contributed by atoms with Gasteiger partial charge in [-0.25, -0.2) is 4.68 Å². The van der Waals surface area contributed by atoms with Crippen LogP contribution in [0.2, 0.25) is 0 Å². The monoisotopic (exact) mass is 392 g/mol. The van der Waals surface area contributed by atoms with E-state index >= 15 is 0 Å². The van der Waals surface area contributed by atoms with E-state index in [9.17, 15) is 0 Å². The van der Waals surface area contributed by atoms with Crippen LogP contribution in [0.25, 0.3) is 0 Å². The number of alkyl halides is 1. The first-order valence-corrected chi connectivity index (χ1v) is 8.24. The summed E-state index contributed by atoms with van der Waals surface area (Å²) >= 11 is 3.24. The van der Waals surface area contributed by atoms with Crippen LogP contribution in [0.3, 0.4) is 0 Å². The van der Waals surface area contributed by atoms with E-state index in [2.05, 4.69) is 21.0 Å². The van der Waals surface area contributed by atoms with Gasteiger partial charge in [-0.15, -0.1) is 0 Å². The Morgan fingerprint density at radius 1 is 1.13 bits per heavy atom. The van der Waals surface area contributed by atoms with Gasteiger partial charge in [0.15, 0.2) is 0 Å². The molecule has 0 unspecified atom stereocenters. The molecular weight excluding hydrogens is 368 g/mol. The fraction of sp³-hybridized carbons (Fsp3) is 0.714. The third-order valence-electron chi connectivity index (χ3n) is 2.53. The molecule has 8 nitrogen and oxygen atoms in total. The molecule has 0 amide bonds. The zero-order valence-corrected chi connectivity index (χ0v) is 15.3. The van der Waals surface area contributed by atoms with Gasteiger partial charge in [-0.1, -0.05) is 15.9 Å². The number of hydrogen-bond acceptors (Lipinski definition) is 7. The first kappa shape index (κ1) is 21.8. The molecule has 0 fully saturated rings. The number of methoxy groups -OCH3 is 2. The highest BCUT2D eigenvalue weighted by Crippen LogP contribution is 2.08. The molecule has 0 radical (unpaired) electrons. The highest BCUT2D eigenvalue weighted by atomic mass is 79.9. The summed E-state index contributed by atoms with van der Waals surface area (Å²) in [4.78, 5) is 0. The first-order valence-electron chi connectivity index (χ1n) is 7.11. The summed E-state index contributed by atoms with van der Waals surface area (Å²) in [6, 6.07) is 1.96. The normalized spacial score (nSPS) is 10.0. The summed E-state index contributed by atoms with van der Waals surface area (Å²) in [5, 5.41) is 13.5. The molecule has 132 valence electrons. The molecule has 0 aliphatic heterocycles. The van der Waals surface area contributed by atoms with E-state index in [-0.39, 0.29) is 0 Å². The maximum Gasteiger partial charge on any atom is 0.139 e. The number of nitrogen functional groups attached to an aromatic ring is 1. The molecule has 1 aromatic rings. The number of ether oxygens (including phenoxy) is 4. The highest BCUT2D eigenvalue weighted by molar-refractivity contribution is 9.09. The van der Waals surface area contributed by atoms with Crippen molar-refractivity contribution in [3.63, 3.8) is 0 Å². The minimum absolute atomic E-state index is 0.382. The SMILES string of the molecule is COCCOCCBr.COCCOCCn1ncc(C#N)c1N. The van der Waals surface area contributed by atoms with Crippen molar-refractivity contribution in [3.8, 4) is 6.07 Å². The standard InChI is InChI=1S/C9H14N4O2.C5H11BrO2/c1-14-4-5-15-3-2-13-9(11)8(6-10)7-12-13;1-7-4-5-8-3-2-6/h7H,2-5,11H2,1H3;2-5H2,1H3. The Morgan fingerprint density at radius 3 is 2.22 bits per heavy atom. The second-order valence-corrected chi connectivity index (χ2v) is 4.97. The number of nitriles is 1. The van der Waals surface area contributed by atoms with Gasteiger partial charge < -0.3 is 24.7 Å². The van der Waals surface area contributed by atoms with Crippen molar-refractivity contribution in [2.24, 2.45) is 0 Å². The second-order valence-electron chi connectivity index (χ2n) is 4.18. The van der Waals surface area contributed by atoms with Crippen LogP contribution in [0.5, 0.6) is 0 Å². The lowest BCUT2D eigenvalue weighted by molar-refractivity contribution is 0.0656. The van der Waals surface area contributed by atoms with Gasteiger partial charge in [-0.3, -0.25) is 0 Å². The average molecular weight is 393 g/mol. The van der Waals surface area contributed by atoms with Crippen molar-refractivity contribution in [2.75, 3.05) is 64.9 Å². The third-order valence-corrected chi connectivity index (χ3v) is 2.86. The van der Waals surface area contributed by atoms with Crippen molar-refractivity contribution < 1.29 is 18.9 Å². The van der Waals surface area contributed by atoms with E-state index in [0.717, 1.165) is 11.9 Å². The fourth-order valence-corrected chi connectivity index (χ4v) is 1.58. The molecule has 1 rings (SSSR count). The number of anilines is 1. The molecule has 0 aliphatic carbocycles. The van der Waals surface area contributed by atoms with Crippen molar-refractivity contribution in [2.45, 2.75) is 6.54 Å². The van der Waals surface area contributed by atoms with Gasteiger partial charge in [0.25, 0.3) is 0 Å². The molecule has 0 aromatic carbocycles. The Labute approximate surface area is 145 Å². The quantitative estimate of drug-likeness (QED) is 0.443. The number of rotatable bonds is 11. The van der Waals surface area contributed by atoms with Gasteiger partial charge in [0, 0.05) is 19.5 Å². The van der Waals surface area contributed by atoms with Gasteiger partial charge in [0.1, 0.15) is 17.5 Å². The molecule has 1 heterocycles. The molecule has 0 saturated carbocycles. The molecule has 0 atom stereocenters. The topological polar surface area (TPSA) is 105 Å². The maximum atomic E-state index is 8.64. The number of hydrogen-bond donors (Lipinski definition) is 1. The highest BCUT2D eigenvalue weighted by Gasteiger charge is 2.05. The van der Waals surface area contributed by atoms with Crippen molar-refractivity contribution in [1.29, 1.82) is 5.26 Å². The van der Waals surface area contributed by atoms with Crippen LogP contribution in [0.1, 0.15) is 5.56 Å². The van der Waals surface area contributed by atoms with Crippen LogP contribution >= 0.6 is 15.9 Å². The van der Waals surface area contributed by atoms with E-state index in [1.807, 2.05) is 6.07 Å². The third kappa shape index (κ3) is 11.1. The molecule has 1 aromatic heterocycles. The lowest BCUT2D eigenvalue weighted by Gasteiger charge is -2.05. The van der Waals surface area contributed by atoms with Gasteiger partial charge in [0.05, 0.1) is 52.4 Å². The summed E-state index contributed by atoms with van der Waals surface area (Å²) in [7, 11) is 3.28. The van der Waals surface area contributed by atoms with Crippen LogP contribution in [0.15, 0.2) is 6.20 Å². The summed E-state index contributed by atoms with van der Waals surface area (Å²) in [6.07, 6.45) is 1.45. The van der Waals surface area contributed by atoms with Crippen molar-refractivity contribution in [3.05, 3.63) is 11.8 Å². The van der Waals surface area contributed by atoms with E-state index in [1.165, 1.54) is 6.20 Å². The Balaban J connectivity index is 0.000000515. The predicted octanol–water partition coefficient (Wildman–Crippen LogP) is 1.04. The Kier molecular flexibility index (Phi) is 14.9. The average Bonchev–Trinajstić information content (AvgIpc) is 2.92. The van der Waals surface area contributed by atoms with Crippen LogP contribution in [-0.4, -0.2) is 69.0 Å². The summed E-state index contributed by atoms with van der Waals surface area (Å²) in [6.45, 7) is 4.30. The zero-order chi connectivity index (χ0) is 17.3. The molecule has 0 spiro atoms. The lowest BCUT2D eigenvalue weighted by Crippen LogP contribution is -2.12. The maximum absolute atomic E-state index is 8.64. The van der Waals surface area contributed by atoms with E-state index in [0.29, 0.717) is 51.0 Å². The number of nitrogens with two attached hydrogens (primary N) is 1. The first-order chi connectivity index (χ1) is 11.2. The summed E-state index contributed by atoms with van der Waals surface area (Å²) in [5.74, 6) is 0.382. The van der Waals surface area contributed by atoms with Crippen molar-refractivity contribution in [1.82, 2.24) is 9.78 Å². The summed E-state index contributed by atoms with van der Waals surface area (Å²) < 4.78 is 21.4. The zero-order valence-electron chi connectivity index (χ0n) is 13.7. The van der Waals surface area contributed by atoms with Gasteiger partial charge in [-0.05, 0) is 0 Å². The lowest BCUT2D eigenvalue weighted by atomic mass is 10.4. The molecule has 0 saturated heterocycles. The van der Waals surface area contributed by atoms with Crippen LogP contribution < -0.4 is 5.73 Å². The van der Waals surface area contributed by atoms with E-state index in [1.54, 1.807) is 18.9 Å². The number of halogens is 1. The second kappa shape index (κ2) is 15.7. The van der Waals surface area contributed by atoms with Gasteiger partial charge in [-0.2, -0.15) is 10.4 Å². The molecule has 0 bridgehead atoms. The number of aromatic nitrogens is 2. The molecule has 0 aliphatic rings. The number of nitrogens with zero attached hydrogens (tertiary/aromatic N) is 3. The Morgan fingerprint density at radius 2 is 1.74 bits per heavy atom. The Hall–Kier alpha value is -1.18. The van der Waals surface area contributed by atoms with Gasteiger partial charge in [0.2, 0.25) is 0 Å². The van der Waals surface area contributed by atoms with Crippen LogP contribution in [0.4, 0.5) is 5.82 Å². The minimum Gasteiger partial charge on any atom is -0.383 e. The summed E-state index contributed by atoms with van der Waals surface area (Å²) in [5.41, 5.74) is 6.05. The molecule has 23 heavy (non-hydrogen) atoms. The minimum atomic E-state index is 0.382. The molecule has 2 N–H and O–H groups in total. The fourth-order valence-electron chi connectivity index (χ4n) is 1.35. The predicted molar refractivity (Wildman–Crippen MR) is 90.5 cm³/mol. The molecule has 9 heteroatoms. The molecular formula is C14H25BrN4O4. The van der Waals surface area contributed by atoms with Crippen molar-refractivity contribution >= 4 is 21.7 Å². The van der Waals surface area contributed by atoms with E-state index < -0.39 is 0 Å². The largest absolute Gasteiger partial charge is 0.383 e. The van der Waals surface area contributed by atoms with E-state index in [4.69, 9.17) is 29.9 Å².